The SMILES string of the molecule is CN(C)C(=O)CSc1ccccc1C(=O)OCc1cc(=O)oc2cc3c(cc12)CCC3. The summed E-state index contributed by atoms with van der Waals surface area (Å²) in [6.45, 7) is -0.0324. The van der Waals surface area contributed by atoms with Gasteiger partial charge in [0, 0.05) is 36.0 Å². The zero-order valence-electron chi connectivity index (χ0n) is 17.5. The molecule has 0 unspecified atom stereocenters. The molecular formula is C24H23NO5S. The zero-order chi connectivity index (χ0) is 22.0. The van der Waals surface area contributed by atoms with E-state index in [0.717, 1.165) is 24.6 Å². The highest BCUT2D eigenvalue weighted by Crippen LogP contribution is 2.29. The van der Waals surface area contributed by atoms with Crippen LogP contribution in [0.2, 0.25) is 0 Å². The van der Waals surface area contributed by atoms with Crippen LogP contribution in [0.4, 0.5) is 0 Å². The van der Waals surface area contributed by atoms with Gasteiger partial charge in [-0.25, -0.2) is 9.59 Å². The van der Waals surface area contributed by atoms with Gasteiger partial charge >= 0.3 is 11.6 Å². The van der Waals surface area contributed by atoms with E-state index in [-0.39, 0.29) is 18.3 Å². The molecule has 1 amide bonds. The third kappa shape index (κ3) is 4.66. The average Bonchev–Trinajstić information content (AvgIpc) is 3.21. The lowest BCUT2D eigenvalue weighted by Gasteiger charge is -2.12. The van der Waals surface area contributed by atoms with E-state index in [0.29, 0.717) is 21.6 Å². The summed E-state index contributed by atoms with van der Waals surface area (Å²) in [5.41, 5.74) is 3.55. The number of nitrogens with zero attached hydrogens (tertiary/aromatic N) is 1. The number of benzene rings is 2. The molecular weight excluding hydrogens is 414 g/mol. The Labute approximate surface area is 184 Å². The van der Waals surface area contributed by atoms with Crippen molar-refractivity contribution in [1.82, 2.24) is 4.90 Å². The second-order valence-corrected chi connectivity index (χ2v) is 8.73. The molecule has 0 fully saturated rings. The molecule has 0 atom stereocenters. The van der Waals surface area contributed by atoms with Crippen molar-refractivity contribution in [3.63, 3.8) is 0 Å². The number of carbonyl (C=O) groups is 2. The fourth-order valence-electron chi connectivity index (χ4n) is 3.66. The molecule has 0 N–H and O–H groups in total. The molecule has 1 aromatic heterocycles. The number of hydrogen-bond acceptors (Lipinski definition) is 6. The van der Waals surface area contributed by atoms with Crippen molar-refractivity contribution in [2.75, 3.05) is 19.8 Å². The highest BCUT2D eigenvalue weighted by Gasteiger charge is 2.18. The van der Waals surface area contributed by atoms with E-state index in [9.17, 15) is 14.4 Å². The smallest absolute Gasteiger partial charge is 0.339 e. The molecule has 0 radical (unpaired) electrons. The highest BCUT2D eigenvalue weighted by molar-refractivity contribution is 8.00. The molecule has 160 valence electrons. The number of thioether (sulfide) groups is 1. The van der Waals surface area contributed by atoms with Gasteiger partial charge in [0.25, 0.3) is 0 Å². The predicted molar refractivity (Wildman–Crippen MR) is 119 cm³/mol. The maximum Gasteiger partial charge on any atom is 0.339 e. The lowest BCUT2D eigenvalue weighted by atomic mass is 10.0. The Balaban J connectivity index is 1.54. The minimum absolute atomic E-state index is 0.0324. The van der Waals surface area contributed by atoms with Gasteiger partial charge in [0.1, 0.15) is 12.2 Å². The van der Waals surface area contributed by atoms with Crippen molar-refractivity contribution in [3.8, 4) is 0 Å². The van der Waals surface area contributed by atoms with Crippen molar-refractivity contribution in [3.05, 3.63) is 75.1 Å². The summed E-state index contributed by atoms with van der Waals surface area (Å²) >= 11 is 1.29. The van der Waals surface area contributed by atoms with Crippen LogP contribution in [0, 0.1) is 0 Å². The minimum Gasteiger partial charge on any atom is -0.457 e. The molecule has 31 heavy (non-hydrogen) atoms. The van der Waals surface area contributed by atoms with Crippen molar-refractivity contribution in [2.24, 2.45) is 0 Å². The quantitative estimate of drug-likeness (QED) is 0.332. The summed E-state index contributed by atoms with van der Waals surface area (Å²) in [7, 11) is 3.39. The fraction of sp³-hybridized carbons (Fsp3) is 0.292. The number of amides is 1. The predicted octanol–water partition coefficient (Wildman–Crippen LogP) is 3.82. The molecule has 6 nitrogen and oxygen atoms in total. The van der Waals surface area contributed by atoms with Crippen LogP contribution in [0.5, 0.6) is 0 Å². The van der Waals surface area contributed by atoms with Gasteiger partial charge in [0.05, 0.1) is 11.3 Å². The van der Waals surface area contributed by atoms with E-state index in [2.05, 4.69) is 0 Å². The molecule has 0 spiro atoms. The Bertz CT molecular complexity index is 1210. The lowest BCUT2D eigenvalue weighted by Crippen LogP contribution is -2.23. The van der Waals surface area contributed by atoms with Crippen LogP contribution < -0.4 is 5.63 Å². The Morgan fingerprint density at radius 3 is 2.61 bits per heavy atom. The molecule has 0 saturated carbocycles. The van der Waals surface area contributed by atoms with Crippen molar-refractivity contribution in [2.45, 2.75) is 30.8 Å². The standard InChI is InChI=1S/C24H23NO5S/c1-25(2)22(26)14-31-21-9-4-3-8-18(21)24(28)29-13-17-12-23(27)30-20-11-16-7-5-6-15(16)10-19(17)20/h3-4,8-12H,5-7,13-14H2,1-2H3. The highest BCUT2D eigenvalue weighted by atomic mass is 32.2. The van der Waals surface area contributed by atoms with Crippen LogP contribution in [0.3, 0.4) is 0 Å². The summed E-state index contributed by atoms with van der Waals surface area (Å²) in [5, 5.41) is 0.798. The molecule has 3 aromatic rings. The summed E-state index contributed by atoms with van der Waals surface area (Å²) in [6, 6.07) is 12.4. The maximum absolute atomic E-state index is 12.8. The first-order valence-electron chi connectivity index (χ1n) is 10.1. The molecule has 2 aromatic carbocycles. The summed E-state index contributed by atoms with van der Waals surface area (Å²) in [5.74, 6) is -0.307. The average molecular weight is 438 g/mol. The van der Waals surface area contributed by atoms with Crippen LogP contribution in [0.25, 0.3) is 11.0 Å². The van der Waals surface area contributed by atoms with E-state index in [4.69, 9.17) is 9.15 Å². The van der Waals surface area contributed by atoms with Crippen LogP contribution >= 0.6 is 11.8 Å². The van der Waals surface area contributed by atoms with Gasteiger partial charge < -0.3 is 14.1 Å². The van der Waals surface area contributed by atoms with Gasteiger partial charge in [-0.3, -0.25) is 4.79 Å². The lowest BCUT2D eigenvalue weighted by molar-refractivity contribution is -0.125. The molecule has 0 aliphatic heterocycles. The number of esters is 1. The topological polar surface area (TPSA) is 76.8 Å². The number of ether oxygens (including phenoxy) is 1. The maximum atomic E-state index is 12.8. The Kier molecular flexibility index (Phi) is 6.13. The first kappa shape index (κ1) is 21.2. The Morgan fingerprint density at radius 2 is 1.84 bits per heavy atom. The molecule has 1 heterocycles. The number of fused-ring (bicyclic) bond motifs is 2. The summed E-state index contributed by atoms with van der Waals surface area (Å²) < 4.78 is 10.9. The van der Waals surface area contributed by atoms with Crippen LogP contribution in [-0.2, 0) is 29.0 Å². The molecule has 7 heteroatoms. The van der Waals surface area contributed by atoms with Crippen LogP contribution in [0.15, 0.2) is 56.6 Å². The van der Waals surface area contributed by atoms with Crippen molar-refractivity contribution in [1.29, 1.82) is 0 Å². The van der Waals surface area contributed by atoms with E-state index in [1.54, 1.807) is 32.3 Å². The van der Waals surface area contributed by atoms with Gasteiger partial charge in [-0.2, -0.15) is 0 Å². The first-order valence-corrected chi connectivity index (χ1v) is 11.1. The molecule has 0 bridgehead atoms. The van der Waals surface area contributed by atoms with E-state index in [1.165, 1.54) is 33.9 Å². The van der Waals surface area contributed by atoms with Crippen molar-refractivity contribution < 1.29 is 18.7 Å². The Morgan fingerprint density at radius 1 is 1.10 bits per heavy atom. The fourth-order valence-corrected chi connectivity index (χ4v) is 4.68. The van der Waals surface area contributed by atoms with Gasteiger partial charge in [0.2, 0.25) is 5.91 Å². The summed E-state index contributed by atoms with van der Waals surface area (Å²) in [4.78, 5) is 38.9. The first-order chi connectivity index (χ1) is 14.9. The monoisotopic (exact) mass is 437 g/mol. The van der Waals surface area contributed by atoms with E-state index in [1.807, 2.05) is 18.2 Å². The summed E-state index contributed by atoms with van der Waals surface area (Å²) in [6.07, 6.45) is 3.07. The van der Waals surface area contributed by atoms with Crippen LogP contribution in [0.1, 0.15) is 33.5 Å². The number of carbonyl (C=O) groups excluding carboxylic acids is 2. The number of hydrogen-bond donors (Lipinski definition) is 0. The third-order valence-corrected chi connectivity index (χ3v) is 6.42. The minimum atomic E-state index is -0.497. The molecule has 0 saturated heterocycles. The van der Waals surface area contributed by atoms with Crippen molar-refractivity contribution >= 4 is 34.6 Å². The Hall–Kier alpha value is -3.06. The molecule has 1 aliphatic carbocycles. The van der Waals surface area contributed by atoms with Gasteiger partial charge in [-0.05, 0) is 54.7 Å². The van der Waals surface area contributed by atoms with E-state index >= 15 is 0 Å². The van der Waals surface area contributed by atoms with Gasteiger partial charge in [0.15, 0.2) is 0 Å². The third-order valence-electron chi connectivity index (χ3n) is 5.36. The normalized spacial score (nSPS) is 12.6. The van der Waals surface area contributed by atoms with Gasteiger partial charge in [-0.1, -0.05) is 12.1 Å². The van der Waals surface area contributed by atoms with E-state index < -0.39 is 11.6 Å². The largest absolute Gasteiger partial charge is 0.457 e. The molecule has 4 rings (SSSR count). The van der Waals surface area contributed by atoms with Crippen LogP contribution in [-0.4, -0.2) is 36.6 Å². The zero-order valence-corrected chi connectivity index (χ0v) is 18.3. The second kappa shape index (κ2) is 8.98. The number of rotatable bonds is 6. The second-order valence-electron chi connectivity index (χ2n) is 7.71. The number of aryl methyl sites for hydroxylation is 2. The van der Waals surface area contributed by atoms with Gasteiger partial charge in [-0.15, -0.1) is 11.8 Å². The molecule has 1 aliphatic rings.